The highest BCUT2D eigenvalue weighted by Crippen LogP contribution is 2.24. The molecular weight excluding hydrogens is 332 g/mol. The molecule has 26 heavy (non-hydrogen) atoms. The summed E-state index contributed by atoms with van der Waals surface area (Å²) in [6.45, 7) is 2.53. The zero-order valence-corrected chi connectivity index (χ0v) is 15.7. The second kappa shape index (κ2) is 9.33. The zero-order valence-electron chi connectivity index (χ0n) is 15.7. The molecule has 0 spiro atoms. The lowest BCUT2D eigenvalue weighted by molar-refractivity contribution is -0.122. The summed E-state index contributed by atoms with van der Waals surface area (Å²) in [5.74, 6) is -0.179. The first-order valence-electron chi connectivity index (χ1n) is 8.94. The maximum Gasteiger partial charge on any atom is 0.251 e. The van der Waals surface area contributed by atoms with E-state index in [-0.39, 0.29) is 29.8 Å². The molecule has 0 aromatic heterocycles. The topological polar surface area (TPSA) is 90.5 Å². The Balaban J connectivity index is 1.80. The van der Waals surface area contributed by atoms with E-state index in [1.807, 2.05) is 19.2 Å². The number of carbonyl (C=O) groups excluding carboxylic acids is 3. The molecule has 3 amide bonds. The van der Waals surface area contributed by atoms with Crippen LogP contribution in [-0.2, 0) is 16.1 Å². The second-order valence-corrected chi connectivity index (χ2v) is 6.75. The van der Waals surface area contributed by atoms with Gasteiger partial charge in [0, 0.05) is 51.1 Å². The van der Waals surface area contributed by atoms with Crippen LogP contribution in [0, 0.1) is 0 Å². The third-order valence-corrected chi connectivity index (χ3v) is 4.90. The summed E-state index contributed by atoms with van der Waals surface area (Å²) in [4.78, 5) is 37.2. The molecule has 0 aliphatic carbocycles. The standard InChI is InChI=1S/C19H28N4O3/c1-13(24)21-12-17-8-7-16(23(17)3)10-18(25)22-11-14-5-4-6-15(9-14)19(26)20-2/h4-6,9,16-17H,7-8,10-12H2,1-3H3,(H,20,26)(H,21,24)(H,22,25)/t16-,17+/m0/s1. The van der Waals surface area contributed by atoms with Crippen molar-refractivity contribution in [2.45, 2.75) is 44.8 Å². The Morgan fingerprint density at radius 3 is 2.58 bits per heavy atom. The molecule has 3 N–H and O–H groups in total. The molecule has 1 heterocycles. The summed E-state index contributed by atoms with van der Waals surface area (Å²) in [5, 5.41) is 8.36. The van der Waals surface area contributed by atoms with E-state index in [1.165, 1.54) is 6.92 Å². The Morgan fingerprint density at radius 2 is 1.88 bits per heavy atom. The Bertz CT molecular complexity index is 662. The Morgan fingerprint density at radius 1 is 1.15 bits per heavy atom. The minimum absolute atomic E-state index is 0.00706. The number of amides is 3. The third kappa shape index (κ3) is 5.56. The van der Waals surface area contributed by atoms with E-state index in [0.717, 1.165) is 18.4 Å². The number of benzene rings is 1. The van der Waals surface area contributed by atoms with E-state index in [9.17, 15) is 14.4 Å². The minimum atomic E-state index is -0.143. The van der Waals surface area contributed by atoms with Crippen LogP contribution in [0.4, 0.5) is 0 Å². The van der Waals surface area contributed by atoms with E-state index in [4.69, 9.17) is 0 Å². The van der Waals surface area contributed by atoms with E-state index >= 15 is 0 Å². The fourth-order valence-electron chi connectivity index (χ4n) is 3.30. The highest BCUT2D eigenvalue weighted by Gasteiger charge is 2.31. The van der Waals surface area contributed by atoms with Crippen molar-refractivity contribution in [2.24, 2.45) is 0 Å². The number of hydrogen-bond donors (Lipinski definition) is 3. The van der Waals surface area contributed by atoms with Crippen LogP contribution in [-0.4, -0.2) is 55.3 Å². The normalized spacial score (nSPS) is 19.8. The van der Waals surface area contributed by atoms with Gasteiger partial charge >= 0.3 is 0 Å². The Hall–Kier alpha value is -2.41. The number of likely N-dealkylation sites (N-methyl/N-ethyl adjacent to an activating group) is 1. The molecule has 7 heteroatoms. The molecule has 0 saturated carbocycles. The molecule has 7 nitrogen and oxygen atoms in total. The number of carbonyl (C=O) groups is 3. The van der Waals surface area contributed by atoms with Crippen molar-refractivity contribution in [3.05, 3.63) is 35.4 Å². The average Bonchev–Trinajstić information content (AvgIpc) is 2.97. The van der Waals surface area contributed by atoms with E-state index in [1.54, 1.807) is 19.2 Å². The summed E-state index contributed by atoms with van der Waals surface area (Å²) in [7, 11) is 3.60. The maximum absolute atomic E-state index is 12.3. The minimum Gasteiger partial charge on any atom is -0.355 e. The highest BCUT2D eigenvalue weighted by atomic mass is 16.2. The van der Waals surface area contributed by atoms with Gasteiger partial charge in [-0.3, -0.25) is 19.3 Å². The van der Waals surface area contributed by atoms with E-state index < -0.39 is 0 Å². The van der Waals surface area contributed by atoms with Gasteiger partial charge in [-0.25, -0.2) is 0 Å². The van der Waals surface area contributed by atoms with Crippen molar-refractivity contribution in [3.63, 3.8) is 0 Å². The molecule has 1 saturated heterocycles. The molecule has 2 atom stereocenters. The van der Waals surface area contributed by atoms with Gasteiger partial charge in [-0.2, -0.15) is 0 Å². The lowest BCUT2D eigenvalue weighted by atomic mass is 10.1. The predicted octanol–water partition coefficient (Wildman–Crippen LogP) is 0.651. The molecule has 0 radical (unpaired) electrons. The summed E-state index contributed by atoms with van der Waals surface area (Å²) in [5.41, 5.74) is 1.47. The van der Waals surface area contributed by atoms with Gasteiger partial charge in [0.05, 0.1) is 0 Å². The van der Waals surface area contributed by atoms with Gasteiger partial charge in [0.25, 0.3) is 5.91 Å². The van der Waals surface area contributed by atoms with Gasteiger partial charge in [-0.05, 0) is 37.6 Å². The molecule has 142 valence electrons. The molecule has 0 bridgehead atoms. The van der Waals surface area contributed by atoms with Crippen molar-refractivity contribution >= 4 is 17.7 Å². The first-order chi connectivity index (χ1) is 12.4. The first kappa shape index (κ1) is 19.9. The number of likely N-dealkylation sites (tertiary alicyclic amines) is 1. The van der Waals surface area contributed by atoms with Crippen molar-refractivity contribution < 1.29 is 14.4 Å². The first-order valence-corrected chi connectivity index (χ1v) is 8.94. The molecule has 1 aromatic rings. The lowest BCUT2D eigenvalue weighted by Gasteiger charge is -2.25. The number of hydrogen-bond acceptors (Lipinski definition) is 4. The molecule has 1 aliphatic rings. The number of nitrogens with one attached hydrogen (secondary N) is 3. The summed E-state index contributed by atoms with van der Waals surface area (Å²) in [6.07, 6.45) is 2.35. The van der Waals surface area contributed by atoms with Crippen LogP contribution in [0.25, 0.3) is 0 Å². The Kier molecular flexibility index (Phi) is 7.15. The van der Waals surface area contributed by atoms with Gasteiger partial charge in [0.1, 0.15) is 0 Å². The van der Waals surface area contributed by atoms with E-state index in [0.29, 0.717) is 25.1 Å². The molecule has 1 aliphatic heterocycles. The number of nitrogens with zero attached hydrogens (tertiary/aromatic N) is 1. The summed E-state index contributed by atoms with van der Waals surface area (Å²) >= 11 is 0. The summed E-state index contributed by atoms with van der Waals surface area (Å²) < 4.78 is 0. The molecule has 1 fully saturated rings. The zero-order chi connectivity index (χ0) is 19.1. The van der Waals surface area contributed by atoms with Gasteiger partial charge in [0.15, 0.2) is 0 Å². The van der Waals surface area contributed by atoms with Crippen LogP contribution in [0.3, 0.4) is 0 Å². The number of rotatable bonds is 7. The van der Waals surface area contributed by atoms with Crippen LogP contribution in [0.2, 0.25) is 0 Å². The van der Waals surface area contributed by atoms with Gasteiger partial charge in [-0.15, -0.1) is 0 Å². The SMILES string of the molecule is CNC(=O)c1cccc(CNC(=O)C[C@@H]2CC[C@H](CNC(C)=O)N2C)c1. The fourth-order valence-corrected chi connectivity index (χ4v) is 3.30. The fraction of sp³-hybridized carbons (Fsp3) is 0.526. The maximum atomic E-state index is 12.3. The lowest BCUT2D eigenvalue weighted by Crippen LogP contribution is -2.41. The second-order valence-electron chi connectivity index (χ2n) is 6.75. The van der Waals surface area contributed by atoms with Gasteiger partial charge in [0.2, 0.25) is 11.8 Å². The third-order valence-electron chi connectivity index (χ3n) is 4.90. The average molecular weight is 360 g/mol. The quantitative estimate of drug-likeness (QED) is 0.666. The molecule has 0 unspecified atom stereocenters. The van der Waals surface area contributed by atoms with Crippen LogP contribution < -0.4 is 16.0 Å². The largest absolute Gasteiger partial charge is 0.355 e. The smallest absolute Gasteiger partial charge is 0.251 e. The van der Waals surface area contributed by atoms with Crippen LogP contribution in [0.1, 0.15) is 42.1 Å². The summed E-state index contributed by atoms with van der Waals surface area (Å²) in [6, 6.07) is 7.69. The monoisotopic (exact) mass is 360 g/mol. The van der Waals surface area contributed by atoms with Crippen LogP contribution in [0.15, 0.2) is 24.3 Å². The van der Waals surface area contributed by atoms with Gasteiger partial charge < -0.3 is 16.0 Å². The highest BCUT2D eigenvalue weighted by molar-refractivity contribution is 5.94. The van der Waals surface area contributed by atoms with E-state index in [2.05, 4.69) is 20.9 Å². The van der Waals surface area contributed by atoms with Crippen LogP contribution >= 0.6 is 0 Å². The van der Waals surface area contributed by atoms with Crippen molar-refractivity contribution in [1.82, 2.24) is 20.9 Å². The van der Waals surface area contributed by atoms with Crippen molar-refractivity contribution in [3.8, 4) is 0 Å². The Labute approximate surface area is 154 Å². The van der Waals surface area contributed by atoms with Crippen LogP contribution in [0.5, 0.6) is 0 Å². The van der Waals surface area contributed by atoms with Crippen molar-refractivity contribution in [1.29, 1.82) is 0 Å². The van der Waals surface area contributed by atoms with Gasteiger partial charge in [-0.1, -0.05) is 12.1 Å². The molecule has 2 rings (SSSR count). The molecule has 1 aromatic carbocycles. The van der Waals surface area contributed by atoms with Crippen molar-refractivity contribution in [2.75, 3.05) is 20.6 Å². The predicted molar refractivity (Wildman–Crippen MR) is 99.6 cm³/mol. The molecular formula is C19H28N4O3.